The molecule has 0 saturated carbocycles. The molecule has 17 heavy (non-hydrogen) atoms. The van der Waals surface area contributed by atoms with Crippen molar-refractivity contribution in [1.29, 1.82) is 0 Å². The Bertz CT molecular complexity index is 451. The van der Waals surface area contributed by atoms with Gasteiger partial charge in [-0.25, -0.2) is 0 Å². The molecule has 0 aliphatic heterocycles. The van der Waals surface area contributed by atoms with Gasteiger partial charge in [0.15, 0.2) is 0 Å². The van der Waals surface area contributed by atoms with E-state index in [9.17, 15) is 9.00 Å². The Balaban J connectivity index is 2.77. The van der Waals surface area contributed by atoms with Crippen molar-refractivity contribution in [3.63, 3.8) is 0 Å². The van der Waals surface area contributed by atoms with Crippen LogP contribution >= 0.6 is 11.6 Å². The van der Waals surface area contributed by atoms with Crippen LogP contribution in [-0.2, 0) is 10.8 Å². The quantitative estimate of drug-likeness (QED) is 0.816. The SMILES string of the molecule is CC(CS(C)=O)NC(=O)c1cccc(N)c1Cl. The second-order valence-electron chi connectivity index (χ2n) is 3.82. The average molecular weight is 275 g/mol. The van der Waals surface area contributed by atoms with Crippen molar-refractivity contribution >= 4 is 34.0 Å². The number of carbonyl (C=O) groups excluding carboxylic acids is 1. The highest BCUT2D eigenvalue weighted by Gasteiger charge is 2.14. The first-order chi connectivity index (χ1) is 7.91. The summed E-state index contributed by atoms with van der Waals surface area (Å²) in [5, 5.41) is 2.97. The van der Waals surface area contributed by atoms with Gasteiger partial charge in [-0.1, -0.05) is 17.7 Å². The zero-order valence-corrected chi connectivity index (χ0v) is 11.3. The molecule has 0 saturated heterocycles. The van der Waals surface area contributed by atoms with Gasteiger partial charge in [-0.2, -0.15) is 0 Å². The first-order valence-electron chi connectivity index (χ1n) is 5.06. The number of nitrogen functional groups attached to an aromatic ring is 1. The summed E-state index contributed by atoms with van der Waals surface area (Å²) < 4.78 is 11.0. The summed E-state index contributed by atoms with van der Waals surface area (Å²) in [7, 11) is -0.951. The van der Waals surface area contributed by atoms with Crippen molar-refractivity contribution in [2.75, 3.05) is 17.7 Å². The van der Waals surface area contributed by atoms with Crippen LogP contribution in [0, 0.1) is 0 Å². The van der Waals surface area contributed by atoms with Crippen molar-refractivity contribution in [3.8, 4) is 0 Å². The second kappa shape index (κ2) is 6.02. The maximum atomic E-state index is 11.9. The molecule has 0 fully saturated rings. The van der Waals surface area contributed by atoms with Gasteiger partial charge >= 0.3 is 0 Å². The molecule has 0 spiro atoms. The fraction of sp³-hybridized carbons (Fsp3) is 0.364. The largest absolute Gasteiger partial charge is 0.398 e. The van der Waals surface area contributed by atoms with E-state index in [0.29, 0.717) is 17.0 Å². The van der Waals surface area contributed by atoms with Gasteiger partial charge in [-0.3, -0.25) is 9.00 Å². The van der Waals surface area contributed by atoms with Crippen LogP contribution in [0.5, 0.6) is 0 Å². The molecule has 2 unspecified atom stereocenters. The minimum Gasteiger partial charge on any atom is -0.398 e. The molecule has 6 heteroatoms. The highest BCUT2D eigenvalue weighted by Crippen LogP contribution is 2.22. The summed E-state index contributed by atoms with van der Waals surface area (Å²) in [6.45, 7) is 1.79. The average Bonchev–Trinajstić information content (AvgIpc) is 2.20. The lowest BCUT2D eigenvalue weighted by Crippen LogP contribution is -2.36. The molecule has 2 atom stereocenters. The van der Waals surface area contributed by atoms with E-state index in [1.54, 1.807) is 31.4 Å². The van der Waals surface area contributed by atoms with Crippen LogP contribution in [-0.4, -0.2) is 28.2 Å². The molecule has 3 N–H and O–H groups in total. The molecule has 1 amide bonds. The van der Waals surface area contributed by atoms with Crippen LogP contribution in [0.15, 0.2) is 18.2 Å². The lowest BCUT2D eigenvalue weighted by Gasteiger charge is -2.13. The normalized spacial score (nSPS) is 14.1. The van der Waals surface area contributed by atoms with Crippen LogP contribution in [0.25, 0.3) is 0 Å². The summed E-state index contributed by atoms with van der Waals surface area (Å²) in [5.41, 5.74) is 6.31. The van der Waals surface area contributed by atoms with Crippen molar-refractivity contribution in [1.82, 2.24) is 5.32 Å². The van der Waals surface area contributed by atoms with Gasteiger partial charge in [-0.15, -0.1) is 0 Å². The van der Waals surface area contributed by atoms with Crippen molar-refractivity contribution < 1.29 is 9.00 Å². The van der Waals surface area contributed by atoms with Crippen molar-refractivity contribution in [2.45, 2.75) is 13.0 Å². The van der Waals surface area contributed by atoms with E-state index in [2.05, 4.69) is 5.32 Å². The Morgan fingerprint density at radius 1 is 1.59 bits per heavy atom. The first kappa shape index (κ1) is 14.0. The third-order valence-electron chi connectivity index (χ3n) is 2.14. The number of carbonyl (C=O) groups is 1. The molecule has 0 aliphatic rings. The van der Waals surface area contributed by atoms with Gasteiger partial charge in [0, 0.05) is 28.9 Å². The number of anilines is 1. The van der Waals surface area contributed by atoms with Crippen LogP contribution in [0.2, 0.25) is 5.02 Å². The summed E-state index contributed by atoms with van der Waals surface area (Å²) in [6.07, 6.45) is 1.59. The maximum absolute atomic E-state index is 11.9. The van der Waals surface area contributed by atoms with Gasteiger partial charge in [0.25, 0.3) is 5.91 Å². The molecule has 94 valence electrons. The Kier molecular flexibility index (Phi) is 4.96. The lowest BCUT2D eigenvalue weighted by atomic mass is 10.2. The van der Waals surface area contributed by atoms with E-state index in [-0.39, 0.29) is 17.0 Å². The number of nitrogens with two attached hydrogens (primary N) is 1. The second-order valence-corrected chi connectivity index (χ2v) is 5.68. The molecule has 1 aromatic carbocycles. The Morgan fingerprint density at radius 2 is 2.24 bits per heavy atom. The number of amides is 1. The van der Waals surface area contributed by atoms with Gasteiger partial charge < -0.3 is 11.1 Å². The minimum absolute atomic E-state index is 0.175. The van der Waals surface area contributed by atoms with Gasteiger partial charge in [0.1, 0.15) is 0 Å². The molecule has 1 rings (SSSR count). The third-order valence-corrected chi connectivity index (χ3v) is 3.53. The summed E-state index contributed by atoms with van der Waals surface area (Å²) >= 11 is 5.93. The van der Waals surface area contributed by atoms with Crippen LogP contribution in [0.3, 0.4) is 0 Å². The number of hydrogen-bond donors (Lipinski definition) is 2. The Labute approximate surface area is 108 Å². The number of halogens is 1. The number of rotatable bonds is 4. The fourth-order valence-electron chi connectivity index (χ4n) is 1.42. The van der Waals surface area contributed by atoms with E-state index in [1.807, 2.05) is 0 Å². The molecular weight excluding hydrogens is 260 g/mol. The summed E-state index contributed by atoms with van der Waals surface area (Å²) in [5.74, 6) is 0.103. The van der Waals surface area contributed by atoms with E-state index in [4.69, 9.17) is 17.3 Å². The summed E-state index contributed by atoms with van der Waals surface area (Å²) in [4.78, 5) is 11.9. The predicted molar refractivity (Wildman–Crippen MR) is 71.7 cm³/mol. The van der Waals surface area contributed by atoms with Crippen molar-refractivity contribution in [3.05, 3.63) is 28.8 Å². The Morgan fingerprint density at radius 3 is 2.82 bits per heavy atom. The van der Waals surface area contributed by atoms with Crippen LogP contribution < -0.4 is 11.1 Å². The van der Waals surface area contributed by atoms with E-state index < -0.39 is 10.8 Å². The maximum Gasteiger partial charge on any atom is 0.253 e. The molecule has 0 aromatic heterocycles. The molecule has 4 nitrogen and oxygen atoms in total. The minimum atomic E-state index is -0.951. The van der Waals surface area contributed by atoms with Gasteiger partial charge in [-0.05, 0) is 19.1 Å². The number of nitrogens with one attached hydrogen (secondary N) is 1. The zero-order chi connectivity index (χ0) is 13.0. The molecule has 1 aromatic rings. The molecule has 0 aliphatic carbocycles. The molecule has 0 radical (unpaired) electrons. The van der Waals surface area contributed by atoms with E-state index >= 15 is 0 Å². The first-order valence-corrected chi connectivity index (χ1v) is 7.17. The monoisotopic (exact) mass is 274 g/mol. The van der Waals surface area contributed by atoms with E-state index in [1.165, 1.54) is 0 Å². The highest BCUT2D eigenvalue weighted by atomic mass is 35.5. The molecule has 0 bridgehead atoms. The molecular formula is C11H15ClN2O2S. The smallest absolute Gasteiger partial charge is 0.253 e. The fourth-order valence-corrected chi connectivity index (χ4v) is 2.42. The summed E-state index contributed by atoms with van der Waals surface area (Å²) in [6, 6.07) is 4.72. The predicted octanol–water partition coefficient (Wildman–Crippen LogP) is 1.42. The third kappa shape index (κ3) is 4.02. The van der Waals surface area contributed by atoms with E-state index in [0.717, 1.165) is 0 Å². The highest BCUT2D eigenvalue weighted by molar-refractivity contribution is 7.84. The standard InChI is InChI=1S/C11H15ClN2O2S/c1-7(6-17(2)16)14-11(15)8-4-3-5-9(13)10(8)12/h3-5,7H,6,13H2,1-2H3,(H,14,15). The van der Waals surface area contributed by atoms with Gasteiger partial charge in [0.05, 0.1) is 16.3 Å². The topological polar surface area (TPSA) is 72.2 Å². The Hall–Kier alpha value is -1.07. The van der Waals surface area contributed by atoms with Gasteiger partial charge in [0.2, 0.25) is 0 Å². The van der Waals surface area contributed by atoms with Crippen molar-refractivity contribution in [2.24, 2.45) is 0 Å². The molecule has 0 heterocycles. The lowest BCUT2D eigenvalue weighted by molar-refractivity contribution is 0.0944. The van der Waals surface area contributed by atoms with Crippen LogP contribution in [0.1, 0.15) is 17.3 Å². The zero-order valence-electron chi connectivity index (χ0n) is 9.70. The number of hydrogen-bond acceptors (Lipinski definition) is 3. The van der Waals surface area contributed by atoms with Crippen LogP contribution in [0.4, 0.5) is 5.69 Å². The number of benzene rings is 1.